The SMILES string of the molecule is O=S1(=O)CCC(C(O)C2CCCc3cccnc32)C1. The number of pyridine rings is 1. The van der Waals surface area contributed by atoms with Crippen molar-refractivity contribution < 1.29 is 13.5 Å². The van der Waals surface area contributed by atoms with E-state index in [0.29, 0.717) is 6.42 Å². The fraction of sp³-hybridized carbons (Fsp3) is 0.643. The van der Waals surface area contributed by atoms with Crippen molar-refractivity contribution in [3.8, 4) is 0 Å². The van der Waals surface area contributed by atoms with Crippen LogP contribution in [0.1, 0.15) is 36.4 Å². The molecule has 1 aliphatic carbocycles. The molecule has 0 amide bonds. The smallest absolute Gasteiger partial charge is 0.150 e. The zero-order chi connectivity index (χ0) is 13.5. The topological polar surface area (TPSA) is 67.3 Å². The number of nitrogens with zero attached hydrogens (tertiary/aromatic N) is 1. The van der Waals surface area contributed by atoms with E-state index in [0.717, 1.165) is 25.0 Å². The molecule has 3 atom stereocenters. The number of sulfone groups is 1. The fourth-order valence-electron chi connectivity index (χ4n) is 3.40. The minimum atomic E-state index is -2.94. The van der Waals surface area contributed by atoms with Crippen LogP contribution in [-0.4, -0.2) is 36.1 Å². The van der Waals surface area contributed by atoms with E-state index in [1.165, 1.54) is 5.56 Å². The number of rotatable bonds is 2. The number of aliphatic hydroxyl groups excluding tert-OH is 1. The van der Waals surface area contributed by atoms with E-state index in [1.54, 1.807) is 6.20 Å². The van der Waals surface area contributed by atoms with Crippen LogP contribution in [0.2, 0.25) is 0 Å². The average Bonchev–Trinajstić information content (AvgIpc) is 2.78. The molecule has 1 aliphatic heterocycles. The number of aliphatic hydroxyl groups is 1. The van der Waals surface area contributed by atoms with Gasteiger partial charge in [0.15, 0.2) is 9.84 Å². The Morgan fingerprint density at radius 2 is 2.21 bits per heavy atom. The Morgan fingerprint density at radius 1 is 1.37 bits per heavy atom. The van der Waals surface area contributed by atoms with Crippen molar-refractivity contribution in [2.75, 3.05) is 11.5 Å². The highest BCUT2D eigenvalue weighted by atomic mass is 32.2. The first kappa shape index (κ1) is 13.1. The maximum Gasteiger partial charge on any atom is 0.150 e. The Morgan fingerprint density at radius 3 is 2.95 bits per heavy atom. The molecule has 0 aromatic carbocycles. The van der Waals surface area contributed by atoms with Gasteiger partial charge in [-0.2, -0.15) is 0 Å². The normalized spacial score (nSPS) is 30.8. The standard InChI is InChI=1S/C14H19NO3S/c16-14(11-6-8-19(17,18)9-11)12-5-1-3-10-4-2-7-15-13(10)12/h2,4,7,11-12,14,16H,1,3,5-6,8-9H2. The lowest BCUT2D eigenvalue weighted by molar-refractivity contribution is 0.0828. The van der Waals surface area contributed by atoms with Gasteiger partial charge in [-0.1, -0.05) is 6.07 Å². The first-order chi connectivity index (χ1) is 9.07. The largest absolute Gasteiger partial charge is 0.392 e. The van der Waals surface area contributed by atoms with Crippen molar-refractivity contribution in [3.63, 3.8) is 0 Å². The van der Waals surface area contributed by atoms with Gasteiger partial charge in [-0.05, 0) is 37.3 Å². The third kappa shape index (κ3) is 2.54. The van der Waals surface area contributed by atoms with Crippen LogP contribution < -0.4 is 0 Å². The fourth-order valence-corrected chi connectivity index (χ4v) is 5.24. The monoisotopic (exact) mass is 281 g/mol. The van der Waals surface area contributed by atoms with Gasteiger partial charge in [0.2, 0.25) is 0 Å². The molecule has 0 spiro atoms. The Hall–Kier alpha value is -0.940. The van der Waals surface area contributed by atoms with Gasteiger partial charge in [0.25, 0.3) is 0 Å². The summed E-state index contributed by atoms with van der Waals surface area (Å²) in [5.74, 6) is 0.231. The van der Waals surface area contributed by atoms with Crippen LogP contribution in [0.5, 0.6) is 0 Å². The van der Waals surface area contributed by atoms with E-state index >= 15 is 0 Å². The maximum absolute atomic E-state index is 11.5. The summed E-state index contributed by atoms with van der Waals surface area (Å²) in [5.41, 5.74) is 2.18. The molecule has 5 heteroatoms. The minimum absolute atomic E-state index is 0.00301. The third-order valence-corrected chi connectivity index (χ3v) is 6.20. The minimum Gasteiger partial charge on any atom is -0.392 e. The number of hydrogen-bond donors (Lipinski definition) is 1. The van der Waals surface area contributed by atoms with Crippen LogP contribution in [0.4, 0.5) is 0 Å². The molecule has 0 saturated carbocycles. The van der Waals surface area contributed by atoms with Crippen molar-refractivity contribution >= 4 is 9.84 Å². The molecule has 4 nitrogen and oxygen atoms in total. The van der Waals surface area contributed by atoms with Crippen molar-refractivity contribution in [3.05, 3.63) is 29.6 Å². The van der Waals surface area contributed by atoms with Crippen LogP contribution in [0.3, 0.4) is 0 Å². The Kier molecular flexibility index (Phi) is 3.35. The van der Waals surface area contributed by atoms with Gasteiger partial charge in [0.05, 0.1) is 17.6 Å². The molecule has 2 heterocycles. The Balaban J connectivity index is 1.84. The first-order valence-corrected chi connectivity index (χ1v) is 8.71. The second kappa shape index (κ2) is 4.87. The highest BCUT2D eigenvalue weighted by Crippen LogP contribution is 2.37. The summed E-state index contributed by atoms with van der Waals surface area (Å²) in [5, 5.41) is 10.5. The predicted molar refractivity (Wildman–Crippen MR) is 72.7 cm³/mol. The molecule has 19 heavy (non-hydrogen) atoms. The van der Waals surface area contributed by atoms with E-state index in [1.807, 2.05) is 6.07 Å². The van der Waals surface area contributed by atoms with Gasteiger partial charge in [0, 0.05) is 23.7 Å². The van der Waals surface area contributed by atoms with Crippen molar-refractivity contribution in [1.29, 1.82) is 0 Å². The molecular formula is C14H19NO3S. The van der Waals surface area contributed by atoms with E-state index in [-0.39, 0.29) is 23.3 Å². The van der Waals surface area contributed by atoms with Crippen molar-refractivity contribution in [1.82, 2.24) is 4.98 Å². The lowest BCUT2D eigenvalue weighted by Gasteiger charge is -2.31. The summed E-state index contributed by atoms with van der Waals surface area (Å²) < 4.78 is 23.1. The third-order valence-electron chi connectivity index (χ3n) is 4.40. The molecule has 1 fully saturated rings. The Bertz CT molecular complexity index is 570. The summed E-state index contributed by atoms with van der Waals surface area (Å²) in [4.78, 5) is 4.42. The Labute approximate surface area is 113 Å². The van der Waals surface area contributed by atoms with Crippen LogP contribution >= 0.6 is 0 Å². The lowest BCUT2D eigenvalue weighted by atomic mass is 9.79. The van der Waals surface area contributed by atoms with Gasteiger partial charge in [-0.3, -0.25) is 4.98 Å². The number of hydrogen-bond acceptors (Lipinski definition) is 4. The zero-order valence-corrected chi connectivity index (χ0v) is 11.6. The molecule has 2 aliphatic rings. The molecule has 0 bridgehead atoms. The summed E-state index contributed by atoms with van der Waals surface area (Å²) in [6.07, 6.45) is 4.72. The van der Waals surface area contributed by atoms with E-state index in [4.69, 9.17) is 0 Å². The van der Waals surface area contributed by atoms with Gasteiger partial charge in [-0.15, -0.1) is 0 Å². The van der Waals surface area contributed by atoms with Crippen LogP contribution in [0.15, 0.2) is 18.3 Å². The van der Waals surface area contributed by atoms with Crippen LogP contribution in [-0.2, 0) is 16.3 Å². The summed E-state index contributed by atoms with van der Waals surface area (Å²) >= 11 is 0. The summed E-state index contributed by atoms with van der Waals surface area (Å²) in [6.45, 7) is 0. The molecule has 0 radical (unpaired) electrons. The molecule has 3 rings (SSSR count). The van der Waals surface area contributed by atoms with Gasteiger partial charge >= 0.3 is 0 Å². The maximum atomic E-state index is 11.5. The quantitative estimate of drug-likeness (QED) is 0.887. The first-order valence-electron chi connectivity index (χ1n) is 6.89. The van der Waals surface area contributed by atoms with E-state index in [9.17, 15) is 13.5 Å². The van der Waals surface area contributed by atoms with E-state index in [2.05, 4.69) is 11.1 Å². The molecule has 1 saturated heterocycles. The summed E-state index contributed by atoms with van der Waals surface area (Å²) in [6, 6.07) is 3.99. The predicted octanol–water partition coefficient (Wildman–Crippen LogP) is 1.30. The van der Waals surface area contributed by atoms with Gasteiger partial charge < -0.3 is 5.11 Å². The lowest BCUT2D eigenvalue weighted by Crippen LogP contribution is -2.31. The summed E-state index contributed by atoms with van der Waals surface area (Å²) in [7, 11) is -2.94. The average molecular weight is 281 g/mol. The number of aryl methyl sites for hydroxylation is 1. The highest BCUT2D eigenvalue weighted by molar-refractivity contribution is 7.91. The molecule has 1 N–H and O–H groups in total. The second-order valence-corrected chi connectivity index (χ2v) is 7.93. The molecule has 1 aromatic rings. The molecular weight excluding hydrogens is 262 g/mol. The molecule has 1 aromatic heterocycles. The van der Waals surface area contributed by atoms with Gasteiger partial charge in [-0.25, -0.2) is 8.42 Å². The van der Waals surface area contributed by atoms with Crippen LogP contribution in [0, 0.1) is 5.92 Å². The number of fused-ring (bicyclic) bond motifs is 1. The second-order valence-electron chi connectivity index (χ2n) is 5.70. The molecule has 3 unspecified atom stereocenters. The van der Waals surface area contributed by atoms with E-state index < -0.39 is 15.9 Å². The van der Waals surface area contributed by atoms with Crippen LogP contribution in [0.25, 0.3) is 0 Å². The van der Waals surface area contributed by atoms with Crippen molar-refractivity contribution in [2.24, 2.45) is 5.92 Å². The molecule has 104 valence electrons. The highest BCUT2D eigenvalue weighted by Gasteiger charge is 2.38. The number of aromatic nitrogens is 1. The van der Waals surface area contributed by atoms with Crippen molar-refractivity contribution in [2.45, 2.75) is 37.7 Å². The van der Waals surface area contributed by atoms with Gasteiger partial charge in [0.1, 0.15) is 0 Å². The zero-order valence-electron chi connectivity index (χ0n) is 10.8.